The van der Waals surface area contributed by atoms with E-state index in [0.29, 0.717) is 5.69 Å². The third kappa shape index (κ3) is 2.38. The molecule has 0 saturated heterocycles. The third-order valence-corrected chi connectivity index (χ3v) is 2.35. The Bertz CT molecular complexity index is 521. The van der Waals surface area contributed by atoms with Crippen molar-refractivity contribution in [1.82, 2.24) is 0 Å². The number of nitrogen functional groups attached to an aromatic ring is 1. The van der Waals surface area contributed by atoms with Gasteiger partial charge in [0.05, 0.1) is 5.56 Å². The molecule has 0 unspecified atom stereocenters. The predicted octanol–water partition coefficient (Wildman–Crippen LogP) is 2.56. The normalized spacial score (nSPS) is 11.5. The number of aromatic nitrogens is 1. The highest BCUT2D eigenvalue weighted by atomic mass is 19.4. The highest BCUT2D eigenvalue weighted by molar-refractivity contribution is 5.54. The van der Waals surface area contributed by atoms with Gasteiger partial charge < -0.3 is 5.73 Å². The highest BCUT2D eigenvalue weighted by Crippen LogP contribution is 2.31. The molecular formula is C12H10F3N2+. The van der Waals surface area contributed by atoms with Crippen LogP contribution in [0.15, 0.2) is 48.8 Å². The zero-order chi connectivity index (χ0) is 12.5. The second-order valence-corrected chi connectivity index (χ2v) is 3.55. The van der Waals surface area contributed by atoms with Gasteiger partial charge in [0.15, 0.2) is 12.4 Å². The molecule has 1 aromatic heterocycles. The molecule has 17 heavy (non-hydrogen) atoms. The lowest BCUT2D eigenvalue weighted by atomic mass is 10.1. The van der Waals surface area contributed by atoms with Gasteiger partial charge in [-0.3, -0.25) is 0 Å². The lowest BCUT2D eigenvalue weighted by molar-refractivity contribution is -0.594. The van der Waals surface area contributed by atoms with Crippen LogP contribution in [0.3, 0.4) is 0 Å². The first-order valence-corrected chi connectivity index (χ1v) is 4.92. The summed E-state index contributed by atoms with van der Waals surface area (Å²) in [6.07, 6.45) is -0.925. The van der Waals surface area contributed by atoms with E-state index in [9.17, 15) is 13.2 Å². The minimum atomic E-state index is -4.37. The molecule has 0 amide bonds. The molecule has 1 aromatic carbocycles. The number of nitrogens with zero attached hydrogens (tertiary/aromatic N) is 1. The van der Waals surface area contributed by atoms with E-state index in [0.717, 1.165) is 12.1 Å². The Morgan fingerprint density at radius 1 is 1.00 bits per heavy atom. The van der Waals surface area contributed by atoms with Crippen LogP contribution >= 0.6 is 0 Å². The molecule has 2 rings (SSSR count). The minimum absolute atomic E-state index is 0.0935. The van der Waals surface area contributed by atoms with Crippen molar-refractivity contribution in [1.29, 1.82) is 0 Å². The maximum atomic E-state index is 12.4. The fourth-order valence-corrected chi connectivity index (χ4v) is 1.53. The van der Waals surface area contributed by atoms with Gasteiger partial charge in [-0.2, -0.15) is 17.7 Å². The Kier molecular flexibility index (Phi) is 2.75. The standard InChI is InChI=1S/C12H10F3N2/c13-12(14,15)9-4-5-11(10(16)8-9)17-6-2-1-3-7-17/h1-8H,16H2/q+1. The second-order valence-electron chi connectivity index (χ2n) is 3.55. The van der Waals surface area contributed by atoms with Crippen molar-refractivity contribution >= 4 is 5.69 Å². The molecule has 1 heterocycles. The minimum Gasteiger partial charge on any atom is -0.393 e. The van der Waals surface area contributed by atoms with E-state index in [-0.39, 0.29) is 5.69 Å². The molecule has 88 valence electrons. The van der Waals surface area contributed by atoms with E-state index in [1.54, 1.807) is 29.1 Å². The van der Waals surface area contributed by atoms with Crippen LogP contribution in [0.5, 0.6) is 0 Å². The van der Waals surface area contributed by atoms with Crippen molar-refractivity contribution in [2.45, 2.75) is 6.18 Å². The Morgan fingerprint density at radius 3 is 2.18 bits per heavy atom. The zero-order valence-electron chi connectivity index (χ0n) is 8.78. The number of halogens is 3. The summed E-state index contributed by atoms with van der Waals surface area (Å²) < 4.78 is 39.0. The van der Waals surface area contributed by atoms with Crippen LogP contribution in [-0.2, 0) is 6.18 Å². The number of anilines is 1. The number of rotatable bonds is 1. The molecule has 2 N–H and O–H groups in total. The van der Waals surface area contributed by atoms with Crippen LogP contribution in [-0.4, -0.2) is 0 Å². The van der Waals surface area contributed by atoms with Crippen molar-refractivity contribution in [3.8, 4) is 5.69 Å². The van der Waals surface area contributed by atoms with Gasteiger partial charge in [-0.05, 0) is 12.1 Å². The second kappa shape index (κ2) is 4.08. The van der Waals surface area contributed by atoms with E-state index in [1.807, 2.05) is 6.07 Å². The van der Waals surface area contributed by atoms with E-state index < -0.39 is 11.7 Å². The topological polar surface area (TPSA) is 29.9 Å². The van der Waals surface area contributed by atoms with E-state index in [1.165, 1.54) is 6.07 Å². The number of nitrogens with two attached hydrogens (primary N) is 1. The fraction of sp³-hybridized carbons (Fsp3) is 0.0833. The van der Waals surface area contributed by atoms with Crippen molar-refractivity contribution < 1.29 is 17.7 Å². The van der Waals surface area contributed by atoms with Crippen LogP contribution in [0.2, 0.25) is 0 Å². The van der Waals surface area contributed by atoms with E-state index >= 15 is 0 Å². The monoisotopic (exact) mass is 239 g/mol. The molecule has 0 fully saturated rings. The Balaban J connectivity index is 2.46. The van der Waals surface area contributed by atoms with E-state index in [4.69, 9.17) is 5.73 Å². The first-order valence-electron chi connectivity index (χ1n) is 4.92. The lowest BCUT2D eigenvalue weighted by Crippen LogP contribution is -2.30. The summed E-state index contributed by atoms with van der Waals surface area (Å²) >= 11 is 0. The summed E-state index contributed by atoms with van der Waals surface area (Å²) in [5.41, 5.74) is 5.51. The molecule has 0 aliphatic rings. The van der Waals surface area contributed by atoms with Gasteiger partial charge in [0.1, 0.15) is 5.69 Å². The molecule has 0 spiro atoms. The summed E-state index contributed by atoms with van der Waals surface area (Å²) in [5.74, 6) is 0. The molecule has 5 heteroatoms. The molecule has 0 saturated carbocycles. The number of benzene rings is 1. The quantitative estimate of drug-likeness (QED) is 0.601. The number of hydrogen-bond donors (Lipinski definition) is 1. The van der Waals surface area contributed by atoms with Crippen LogP contribution < -0.4 is 10.3 Å². The molecule has 0 aliphatic carbocycles. The Morgan fingerprint density at radius 2 is 1.65 bits per heavy atom. The maximum absolute atomic E-state index is 12.4. The molecular weight excluding hydrogens is 229 g/mol. The molecule has 0 bridgehead atoms. The van der Waals surface area contributed by atoms with E-state index in [2.05, 4.69) is 0 Å². The summed E-state index contributed by atoms with van der Waals surface area (Å²) in [7, 11) is 0. The Labute approximate surface area is 96.1 Å². The van der Waals surface area contributed by atoms with Gasteiger partial charge in [0.25, 0.3) is 0 Å². The van der Waals surface area contributed by atoms with Crippen molar-refractivity contribution in [3.63, 3.8) is 0 Å². The van der Waals surface area contributed by atoms with Gasteiger partial charge in [-0.25, -0.2) is 0 Å². The van der Waals surface area contributed by atoms with Gasteiger partial charge in [0, 0.05) is 18.2 Å². The van der Waals surface area contributed by atoms with Gasteiger partial charge in [-0.1, -0.05) is 6.07 Å². The first-order chi connectivity index (χ1) is 7.98. The van der Waals surface area contributed by atoms with Gasteiger partial charge in [-0.15, -0.1) is 0 Å². The summed E-state index contributed by atoms with van der Waals surface area (Å²) in [6, 6.07) is 8.68. The maximum Gasteiger partial charge on any atom is 0.416 e. The number of pyridine rings is 1. The Hall–Kier alpha value is -2.04. The van der Waals surface area contributed by atoms with Crippen molar-refractivity contribution in [2.75, 3.05) is 5.73 Å². The summed E-state index contributed by atoms with van der Waals surface area (Å²) in [5, 5.41) is 0. The molecule has 2 nitrogen and oxygen atoms in total. The summed E-state index contributed by atoms with van der Waals surface area (Å²) in [6.45, 7) is 0. The molecule has 0 radical (unpaired) electrons. The fourth-order valence-electron chi connectivity index (χ4n) is 1.53. The smallest absolute Gasteiger partial charge is 0.393 e. The highest BCUT2D eigenvalue weighted by Gasteiger charge is 2.31. The SMILES string of the molecule is Nc1cc(C(F)(F)F)ccc1-[n+]1ccccc1. The summed E-state index contributed by atoms with van der Waals surface area (Å²) in [4.78, 5) is 0. The van der Waals surface area contributed by atoms with Crippen LogP contribution in [0.1, 0.15) is 5.56 Å². The average Bonchev–Trinajstić information content (AvgIpc) is 2.29. The zero-order valence-corrected chi connectivity index (χ0v) is 8.78. The third-order valence-electron chi connectivity index (χ3n) is 2.35. The molecule has 0 aliphatic heterocycles. The largest absolute Gasteiger partial charge is 0.416 e. The van der Waals surface area contributed by atoms with Gasteiger partial charge >= 0.3 is 6.18 Å². The van der Waals surface area contributed by atoms with Gasteiger partial charge in [0.2, 0.25) is 5.69 Å². The van der Waals surface area contributed by atoms with Crippen molar-refractivity contribution in [3.05, 3.63) is 54.4 Å². The number of alkyl halides is 3. The van der Waals surface area contributed by atoms with Crippen LogP contribution in [0.4, 0.5) is 18.9 Å². The molecule has 2 aromatic rings. The number of hydrogen-bond acceptors (Lipinski definition) is 1. The van der Waals surface area contributed by atoms with Crippen molar-refractivity contribution in [2.24, 2.45) is 0 Å². The first kappa shape index (κ1) is 11.4. The predicted molar refractivity (Wildman–Crippen MR) is 57.4 cm³/mol. The van der Waals surface area contributed by atoms with Crippen LogP contribution in [0.25, 0.3) is 5.69 Å². The average molecular weight is 239 g/mol. The van der Waals surface area contributed by atoms with Crippen LogP contribution in [0, 0.1) is 0 Å². The lowest BCUT2D eigenvalue weighted by Gasteiger charge is -2.07. The molecule has 0 atom stereocenters.